The normalized spacial score (nSPS) is 10.4. The van der Waals surface area contributed by atoms with Crippen LogP contribution in [0, 0.1) is 6.92 Å². The number of benzene rings is 2. The third-order valence-electron chi connectivity index (χ3n) is 4.12. The van der Waals surface area contributed by atoms with E-state index < -0.39 is 6.09 Å². The van der Waals surface area contributed by atoms with E-state index in [1.807, 2.05) is 18.2 Å². The van der Waals surface area contributed by atoms with Crippen LogP contribution in [0.2, 0.25) is 0 Å². The molecule has 0 atom stereocenters. The van der Waals surface area contributed by atoms with Crippen molar-refractivity contribution in [2.75, 3.05) is 11.9 Å². The minimum absolute atomic E-state index is 0.341. The Kier molecular flexibility index (Phi) is 6.87. The lowest BCUT2D eigenvalue weighted by Crippen LogP contribution is -2.15. The molecule has 4 heteroatoms. The number of carbonyl (C=O) groups is 1. The summed E-state index contributed by atoms with van der Waals surface area (Å²) in [6.07, 6.45) is 1.49. The highest BCUT2D eigenvalue weighted by molar-refractivity contribution is 5.85. The van der Waals surface area contributed by atoms with E-state index in [9.17, 15) is 4.79 Å². The molecule has 0 aliphatic heterocycles. The smallest absolute Gasteiger partial charge is 0.411 e. The second-order valence-electron chi connectivity index (χ2n) is 5.93. The van der Waals surface area contributed by atoms with Crippen molar-refractivity contribution in [2.45, 2.75) is 47.1 Å². The number of ether oxygens (including phenoxy) is 2. The van der Waals surface area contributed by atoms with Crippen LogP contribution in [0.25, 0.3) is 0 Å². The molecule has 2 aromatic carbocycles. The number of aryl methyl sites for hydroxylation is 3. The van der Waals surface area contributed by atoms with Gasteiger partial charge < -0.3 is 9.47 Å². The van der Waals surface area contributed by atoms with Gasteiger partial charge in [-0.2, -0.15) is 0 Å². The van der Waals surface area contributed by atoms with Crippen molar-refractivity contribution in [1.29, 1.82) is 0 Å². The number of carbonyl (C=O) groups excluding carboxylic acids is 1. The van der Waals surface area contributed by atoms with Crippen LogP contribution in [0.15, 0.2) is 36.4 Å². The molecule has 0 aliphatic carbocycles. The monoisotopic (exact) mass is 341 g/mol. The standard InChI is InChI=1S/C21H27NO3/c1-5-16-9-11-20(15(4)12-16)25-14-18-13-17(6-2)8-10-19(18)22-21(23)24-7-3/h8-13H,5-7,14H2,1-4H3,(H,22,23). The van der Waals surface area contributed by atoms with Crippen molar-refractivity contribution in [1.82, 2.24) is 0 Å². The molecule has 134 valence electrons. The Balaban J connectivity index is 2.17. The Bertz CT molecular complexity index is 725. The fourth-order valence-electron chi connectivity index (χ4n) is 2.63. The summed E-state index contributed by atoms with van der Waals surface area (Å²) in [5, 5.41) is 2.79. The average Bonchev–Trinajstić information content (AvgIpc) is 2.61. The van der Waals surface area contributed by atoms with Crippen LogP contribution >= 0.6 is 0 Å². The van der Waals surface area contributed by atoms with Gasteiger partial charge in [-0.05, 0) is 55.5 Å². The number of hydrogen-bond donors (Lipinski definition) is 1. The largest absolute Gasteiger partial charge is 0.489 e. The number of nitrogens with one attached hydrogen (secondary N) is 1. The topological polar surface area (TPSA) is 47.6 Å². The maximum atomic E-state index is 11.7. The summed E-state index contributed by atoms with van der Waals surface area (Å²) < 4.78 is 11.0. The molecule has 0 saturated carbocycles. The number of anilines is 1. The average molecular weight is 341 g/mol. The molecule has 0 fully saturated rings. The quantitative estimate of drug-likeness (QED) is 0.746. The molecule has 1 N–H and O–H groups in total. The van der Waals surface area contributed by atoms with Crippen molar-refractivity contribution in [3.05, 3.63) is 58.7 Å². The van der Waals surface area contributed by atoms with Crippen LogP contribution in [-0.4, -0.2) is 12.7 Å². The van der Waals surface area contributed by atoms with Gasteiger partial charge in [0.25, 0.3) is 0 Å². The first kappa shape index (κ1) is 18.8. The lowest BCUT2D eigenvalue weighted by molar-refractivity contribution is 0.168. The van der Waals surface area contributed by atoms with Gasteiger partial charge in [0.1, 0.15) is 12.4 Å². The SMILES string of the molecule is CCOC(=O)Nc1ccc(CC)cc1COc1ccc(CC)cc1C. The molecular formula is C21H27NO3. The lowest BCUT2D eigenvalue weighted by Gasteiger charge is -2.15. The molecule has 0 bridgehead atoms. The van der Waals surface area contributed by atoms with Crippen LogP contribution < -0.4 is 10.1 Å². The first-order chi connectivity index (χ1) is 12.1. The van der Waals surface area contributed by atoms with Gasteiger partial charge in [-0.15, -0.1) is 0 Å². The first-order valence-electron chi connectivity index (χ1n) is 8.85. The molecule has 2 aromatic rings. The third kappa shape index (κ3) is 5.24. The summed E-state index contributed by atoms with van der Waals surface area (Å²) in [6, 6.07) is 12.2. The van der Waals surface area contributed by atoms with Crippen LogP contribution in [-0.2, 0) is 24.2 Å². The Hall–Kier alpha value is -2.49. The van der Waals surface area contributed by atoms with Gasteiger partial charge in [-0.3, -0.25) is 5.32 Å². The molecule has 0 aromatic heterocycles. The highest BCUT2D eigenvalue weighted by Crippen LogP contribution is 2.24. The van der Waals surface area contributed by atoms with Gasteiger partial charge in [0.15, 0.2) is 0 Å². The number of hydrogen-bond acceptors (Lipinski definition) is 3. The fraction of sp³-hybridized carbons (Fsp3) is 0.381. The Morgan fingerprint density at radius 2 is 1.68 bits per heavy atom. The first-order valence-corrected chi connectivity index (χ1v) is 8.85. The molecular weight excluding hydrogens is 314 g/mol. The Labute approximate surface area is 150 Å². The summed E-state index contributed by atoms with van der Waals surface area (Å²) >= 11 is 0. The van der Waals surface area contributed by atoms with Gasteiger partial charge in [0, 0.05) is 5.56 Å². The predicted octanol–water partition coefficient (Wildman–Crippen LogP) is 5.27. The molecule has 1 amide bonds. The third-order valence-corrected chi connectivity index (χ3v) is 4.12. The molecule has 0 heterocycles. The van der Waals surface area contributed by atoms with Crippen LogP contribution in [0.4, 0.5) is 10.5 Å². The highest BCUT2D eigenvalue weighted by atomic mass is 16.5. The van der Waals surface area contributed by atoms with E-state index in [0.29, 0.717) is 13.2 Å². The van der Waals surface area contributed by atoms with Gasteiger partial charge in [0.2, 0.25) is 0 Å². The zero-order chi connectivity index (χ0) is 18.2. The lowest BCUT2D eigenvalue weighted by atomic mass is 10.1. The fourth-order valence-corrected chi connectivity index (χ4v) is 2.63. The van der Waals surface area contributed by atoms with E-state index in [4.69, 9.17) is 9.47 Å². The van der Waals surface area contributed by atoms with Crippen molar-refractivity contribution < 1.29 is 14.3 Å². The summed E-state index contributed by atoms with van der Waals surface area (Å²) in [5.41, 5.74) is 5.27. The molecule has 0 spiro atoms. The second kappa shape index (κ2) is 9.11. The summed E-state index contributed by atoms with van der Waals surface area (Å²) in [6.45, 7) is 8.81. The summed E-state index contributed by atoms with van der Waals surface area (Å²) in [5.74, 6) is 0.862. The Morgan fingerprint density at radius 1 is 1.00 bits per heavy atom. The maximum Gasteiger partial charge on any atom is 0.411 e. The molecule has 0 aliphatic rings. The molecule has 4 nitrogen and oxygen atoms in total. The summed E-state index contributed by atoms with van der Waals surface area (Å²) in [4.78, 5) is 11.7. The summed E-state index contributed by atoms with van der Waals surface area (Å²) in [7, 11) is 0. The van der Waals surface area contributed by atoms with Gasteiger partial charge in [0.05, 0.1) is 12.3 Å². The number of amides is 1. The molecule has 2 rings (SSSR count). The van der Waals surface area contributed by atoms with Crippen molar-refractivity contribution in [3.63, 3.8) is 0 Å². The van der Waals surface area contributed by atoms with Gasteiger partial charge in [-0.1, -0.05) is 38.1 Å². The van der Waals surface area contributed by atoms with Gasteiger partial charge in [-0.25, -0.2) is 4.79 Å². The zero-order valence-electron chi connectivity index (χ0n) is 15.5. The van der Waals surface area contributed by atoms with E-state index >= 15 is 0 Å². The highest BCUT2D eigenvalue weighted by Gasteiger charge is 2.10. The minimum atomic E-state index is -0.448. The van der Waals surface area contributed by atoms with E-state index in [1.54, 1.807) is 6.92 Å². The van der Waals surface area contributed by atoms with E-state index in [-0.39, 0.29) is 0 Å². The predicted molar refractivity (Wildman–Crippen MR) is 101 cm³/mol. The minimum Gasteiger partial charge on any atom is -0.489 e. The van der Waals surface area contributed by atoms with Crippen LogP contribution in [0.5, 0.6) is 5.75 Å². The van der Waals surface area contributed by atoms with E-state index in [1.165, 1.54) is 11.1 Å². The van der Waals surface area contributed by atoms with Crippen molar-refractivity contribution in [2.24, 2.45) is 0 Å². The molecule has 0 radical (unpaired) electrons. The molecule has 0 saturated heterocycles. The van der Waals surface area contributed by atoms with Crippen molar-refractivity contribution in [3.8, 4) is 5.75 Å². The van der Waals surface area contributed by atoms with Gasteiger partial charge >= 0.3 is 6.09 Å². The van der Waals surface area contributed by atoms with E-state index in [2.05, 4.69) is 44.3 Å². The number of rotatable bonds is 7. The molecule has 25 heavy (non-hydrogen) atoms. The molecule has 0 unspecified atom stereocenters. The van der Waals surface area contributed by atoms with E-state index in [0.717, 1.165) is 35.4 Å². The second-order valence-corrected chi connectivity index (χ2v) is 5.93. The Morgan fingerprint density at radius 3 is 2.32 bits per heavy atom. The maximum absolute atomic E-state index is 11.7. The van der Waals surface area contributed by atoms with Crippen LogP contribution in [0.1, 0.15) is 43.0 Å². The van der Waals surface area contributed by atoms with Crippen molar-refractivity contribution >= 4 is 11.8 Å². The zero-order valence-corrected chi connectivity index (χ0v) is 15.5. The van der Waals surface area contributed by atoms with Crippen LogP contribution in [0.3, 0.4) is 0 Å².